The van der Waals surface area contributed by atoms with Crippen molar-refractivity contribution < 1.29 is 0 Å². The minimum absolute atomic E-state index is 0.236. The number of nitrogens with two attached hydrogens (primary N) is 1. The van der Waals surface area contributed by atoms with E-state index >= 15 is 0 Å². The molecule has 0 spiro atoms. The lowest BCUT2D eigenvalue weighted by Gasteiger charge is -2.10. The predicted octanol–water partition coefficient (Wildman–Crippen LogP) is 0.981. The average Bonchev–Trinajstić information content (AvgIpc) is 2.19. The van der Waals surface area contributed by atoms with Gasteiger partial charge in [-0.3, -0.25) is 4.98 Å². The Bertz CT molecular complexity index is 347. The van der Waals surface area contributed by atoms with Gasteiger partial charge >= 0.3 is 0 Å². The van der Waals surface area contributed by atoms with Crippen molar-refractivity contribution >= 4 is 23.0 Å². The molecule has 1 heterocycles. The van der Waals surface area contributed by atoms with Crippen molar-refractivity contribution in [2.24, 2.45) is 10.8 Å². The molecule has 74 valence electrons. The Kier molecular flexibility index (Phi) is 3.53. The number of hydrogen-bond donors (Lipinski definition) is 1. The Morgan fingerprint density at radius 3 is 2.79 bits per heavy atom. The van der Waals surface area contributed by atoms with Gasteiger partial charge in [-0.1, -0.05) is 6.07 Å². The Morgan fingerprint density at radius 1 is 1.57 bits per heavy atom. The number of pyridine rings is 1. The summed E-state index contributed by atoms with van der Waals surface area (Å²) in [5.41, 5.74) is 6.99. The van der Waals surface area contributed by atoms with E-state index in [-0.39, 0.29) is 5.11 Å². The van der Waals surface area contributed by atoms with Gasteiger partial charge in [0, 0.05) is 13.2 Å². The van der Waals surface area contributed by atoms with E-state index in [9.17, 15) is 0 Å². The first-order valence-corrected chi connectivity index (χ1v) is 4.52. The fraction of sp³-hybridized carbons (Fsp3) is 0.222. The summed E-state index contributed by atoms with van der Waals surface area (Å²) in [4.78, 5) is 4.15. The van der Waals surface area contributed by atoms with Crippen LogP contribution in [0.5, 0.6) is 0 Å². The van der Waals surface area contributed by atoms with Crippen molar-refractivity contribution in [3.8, 4) is 0 Å². The molecule has 0 aromatic carbocycles. The van der Waals surface area contributed by atoms with Crippen LogP contribution in [0.15, 0.2) is 29.5 Å². The van der Waals surface area contributed by atoms with E-state index in [0.717, 1.165) is 11.4 Å². The van der Waals surface area contributed by atoms with Gasteiger partial charge in [-0.2, -0.15) is 5.10 Å². The van der Waals surface area contributed by atoms with Gasteiger partial charge in [0.15, 0.2) is 5.11 Å². The van der Waals surface area contributed by atoms with Crippen LogP contribution in [0.25, 0.3) is 0 Å². The Labute approximate surface area is 88.4 Å². The van der Waals surface area contributed by atoms with Crippen LogP contribution in [0, 0.1) is 0 Å². The number of hydrazone groups is 1. The molecule has 0 saturated carbocycles. The van der Waals surface area contributed by atoms with E-state index in [2.05, 4.69) is 10.1 Å². The molecule has 1 aromatic rings. The minimum atomic E-state index is 0.236. The first-order valence-electron chi connectivity index (χ1n) is 4.11. The van der Waals surface area contributed by atoms with E-state index in [1.54, 1.807) is 13.2 Å². The molecule has 0 aliphatic heterocycles. The van der Waals surface area contributed by atoms with Gasteiger partial charge in [-0.05, 0) is 31.3 Å². The third-order valence-corrected chi connectivity index (χ3v) is 1.92. The fourth-order valence-electron chi connectivity index (χ4n) is 0.902. The van der Waals surface area contributed by atoms with Gasteiger partial charge in [0.05, 0.1) is 11.4 Å². The molecular formula is C9H12N4S. The van der Waals surface area contributed by atoms with Crippen LogP contribution in [0.4, 0.5) is 0 Å². The summed E-state index contributed by atoms with van der Waals surface area (Å²) in [5.74, 6) is 0. The van der Waals surface area contributed by atoms with E-state index in [0.29, 0.717) is 0 Å². The predicted molar refractivity (Wildman–Crippen MR) is 61.0 cm³/mol. The molecule has 0 aliphatic carbocycles. The van der Waals surface area contributed by atoms with E-state index < -0.39 is 0 Å². The highest BCUT2D eigenvalue weighted by Gasteiger charge is 2.00. The third-order valence-electron chi connectivity index (χ3n) is 1.65. The minimum Gasteiger partial charge on any atom is -0.375 e. The van der Waals surface area contributed by atoms with Gasteiger partial charge < -0.3 is 5.73 Å². The molecule has 0 amide bonds. The molecule has 4 nitrogen and oxygen atoms in total. The number of nitrogens with zero attached hydrogens (tertiary/aromatic N) is 3. The van der Waals surface area contributed by atoms with Gasteiger partial charge in [-0.15, -0.1) is 0 Å². The topological polar surface area (TPSA) is 54.5 Å². The van der Waals surface area contributed by atoms with Crippen molar-refractivity contribution in [3.05, 3.63) is 30.1 Å². The quantitative estimate of drug-likeness (QED) is 0.447. The van der Waals surface area contributed by atoms with Gasteiger partial charge in [0.25, 0.3) is 0 Å². The summed E-state index contributed by atoms with van der Waals surface area (Å²) in [6, 6.07) is 5.64. The lowest BCUT2D eigenvalue weighted by atomic mass is 10.3. The van der Waals surface area contributed by atoms with Gasteiger partial charge in [0.1, 0.15) is 0 Å². The first kappa shape index (κ1) is 10.6. The number of hydrogen-bond acceptors (Lipinski definition) is 3. The van der Waals surface area contributed by atoms with Crippen LogP contribution in [-0.2, 0) is 0 Å². The fourth-order valence-corrected chi connectivity index (χ4v) is 0.943. The summed E-state index contributed by atoms with van der Waals surface area (Å²) < 4.78 is 0. The third kappa shape index (κ3) is 2.77. The standard InChI is InChI=1S/C9H12N4S/c1-7(12-13(2)9(10)14)8-5-3-4-6-11-8/h3-6H,1-2H3,(H2,10,14)/b12-7-. The molecule has 0 saturated heterocycles. The summed E-state index contributed by atoms with van der Waals surface area (Å²) in [6.45, 7) is 1.86. The normalized spacial score (nSPS) is 11.1. The molecule has 0 fully saturated rings. The summed E-state index contributed by atoms with van der Waals surface area (Å²) in [6.07, 6.45) is 1.72. The van der Waals surface area contributed by atoms with Crippen LogP contribution < -0.4 is 5.73 Å². The van der Waals surface area contributed by atoms with E-state index in [1.807, 2.05) is 25.1 Å². The Morgan fingerprint density at radius 2 is 2.29 bits per heavy atom. The molecule has 2 N–H and O–H groups in total. The largest absolute Gasteiger partial charge is 0.375 e. The molecule has 0 aliphatic rings. The van der Waals surface area contributed by atoms with Crippen LogP contribution in [0.3, 0.4) is 0 Å². The zero-order valence-electron chi connectivity index (χ0n) is 8.14. The summed E-state index contributed by atoms with van der Waals surface area (Å²) >= 11 is 4.76. The molecule has 0 atom stereocenters. The van der Waals surface area contributed by atoms with Crippen LogP contribution in [-0.4, -0.2) is 27.9 Å². The second-order valence-corrected chi connectivity index (χ2v) is 3.18. The second-order valence-electron chi connectivity index (χ2n) is 2.76. The maximum atomic E-state index is 5.39. The number of thiocarbonyl (C=S) groups is 1. The van der Waals surface area contributed by atoms with Crippen molar-refractivity contribution in [2.45, 2.75) is 6.92 Å². The Balaban J connectivity index is 2.85. The lowest BCUT2D eigenvalue weighted by molar-refractivity contribution is 0.548. The van der Waals surface area contributed by atoms with Crippen molar-refractivity contribution in [1.29, 1.82) is 0 Å². The SMILES string of the molecule is C/C(=N/N(C)C(N)=S)c1ccccn1. The second kappa shape index (κ2) is 4.66. The molecule has 1 aromatic heterocycles. The molecule has 5 heteroatoms. The molecule has 0 radical (unpaired) electrons. The lowest BCUT2D eigenvalue weighted by Crippen LogP contribution is -2.28. The Hall–Kier alpha value is -1.49. The van der Waals surface area contributed by atoms with Crippen LogP contribution >= 0.6 is 12.2 Å². The zero-order valence-corrected chi connectivity index (χ0v) is 8.95. The summed E-state index contributed by atoms with van der Waals surface area (Å²) in [5, 5.41) is 5.85. The maximum Gasteiger partial charge on any atom is 0.186 e. The monoisotopic (exact) mass is 208 g/mol. The first-order chi connectivity index (χ1) is 6.61. The number of rotatable bonds is 2. The molecule has 14 heavy (non-hydrogen) atoms. The van der Waals surface area contributed by atoms with Crippen molar-refractivity contribution in [1.82, 2.24) is 9.99 Å². The molecule has 0 unspecified atom stereocenters. The molecular weight excluding hydrogens is 196 g/mol. The average molecular weight is 208 g/mol. The van der Waals surface area contributed by atoms with Gasteiger partial charge in [0.2, 0.25) is 0 Å². The highest BCUT2D eigenvalue weighted by atomic mass is 32.1. The highest BCUT2D eigenvalue weighted by molar-refractivity contribution is 7.80. The van der Waals surface area contributed by atoms with Crippen LogP contribution in [0.1, 0.15) is 12.6 Å². The van der Waals surface area contributed by atoms with E-state index in [4.69, 9.17) is 18.0 Å². The maximum absolute atomic E-state index is 5.39. The smallest absolute Gasteiger partial charge is 0.186 e. The highest BCUT2D eigenvalue weighted by Crippen LogP contribution is 1.97. The molecule has 0 bridgehead atoms. The van der Waals surface area contributed by atoms with Gasteiger partial charge in [-0.25, -0.2) is 5.01 Å². The molecule has 1 rings (SSSR count). The number of aromatic nitrogens is 1. The zero-order chi connectivity index (χ0) is 10.6. The van der Waals surface area contributed by atoms with Crippen molar-refractivity contribution in [3.63, 3.8) is 0 Å². The van der Waals surface area contributed by atoms with Crippen molar-refractivity contribution in [2.75, 3.05) is 7.05 Å². The summed E-state index contributed by atoms with van der Waals surface area (Å²) in [7, 11) is 1.70. The van der Waals surface area contributed by atoms with Crippen LogP contribution in [0.2, 0.25) is 0 Å². The van der Waals surface area contributed by atoms with E-state index in [1.165, 1.54) is 5.01 Å².